The Labute approximate surface area is 268 Å². The van der Waals surface area contributed by atoms with Crippen molar-refractivity contribution in [2.24, 2.45) is 0 Å². The lowest BCUT2D eigenvalue weighted by molar-refractivity contribution is -0.114. The van der Waals surface area contributed by atoms with Gasteiger partial charge in [0, 0.05) is 31.6 Å². The molecule has 0 radical (unpaired) electrons. The number of benzene rings is 4. The Morgan fingerprint density at radius 2 is 1.57 bits per heavy atom. The molecule has 0 aliphatic heterocycles. The first kappa shape index (κ1) is 30.7. The molecule has 0 aliphatic carbocycles. The van der Waals surface area contributed by atoms with Gasteiger partial charge in [0.15, 0.2) is 5.13 Å². The second-order valence-corrected chi connectivity index (χ2v) is 12.2. The largest absolute Gasteiger partial charge is 0.321 e. The van der Waals surface area contributed by atoms with E-state index in [9.17, 15) is 14.4 Å². The highest BCUT2D eigenvalue weighted by Gasteiger charge is 2.17. The Kier molecular flexibility index (Phi) is 10.2. The van der Waals surface area contributed by atoms with E-state index in [0.717, 1.165) is 21.0 Å². The highest BCUT2D eigenvalue weighted by Crippen LogP contribution is 2.30. The van der Waals surface area contributed by atoms with Crippen molar-refractivity contribution in [2.75, 3.05) is 16.4 Å². The van der Waals surface area contributed by atoms with E-state index in [0.29, 0.717) is 27.0 Å². The fourth-order valence-electron chi connectivity index (χ4n) is 4.17. The van der Waals surface area contributed by atoms with Crippen LogP contribution in [0.2, 0.25) is 5.02 Å². The third-order valence-electron chi connectivity index (χ3n) is 6.29. The molecule has 7 nitrogen and oxygen atoms in total. The maximum atomic E-state index is 13.4. The molecule has 1 heterocycles. The number of carbonyl (C=O) groups is 3. The van der Waals surface area contributed by atoms with Gasteiger partial charge in [-0.3, -0.25) is 14.4 Å². The first-order valence-electron chi connectivity index (χ1n) is 13.6. The van der Waals surface area contributed by atoms with Crippen LogP contribution in [0.1, 0.15) is 20.8 Å². The minimum absolute atomic E-state index is 0.0259. The van der Waals surface area contributed by atoms with Gasteiger partial charge in [-0.2, -0.15) is 0 Å². The van der Waals surface area contributed by atoms with Gasteiger partial charge in [-0.1, -0.05) is 84.4 Å². The molecule has 0 saturated carbocycles. The fraction of sp³-hybridized carbons (Fsp3) is 0.0588. The molecule has 0 bridgehead atoms. The molecule has 4 aromatic carbocycles. The van der Waals surface area contributed by atoms with Gasteiger partial charge in [-0.05, 0) is 55.0 Å². The first-order chi connectivity index (χ1) is 21.4. The van der Waals surface area contributed by atoms with Crippen LogP contribution in [-0.4, -0.2) is 28.5 Å². The molecule has 220 valence electrons. The van der Waals surface area contributed by atoms with Gasteiger partial charge in [0.05, 0.1) is 11.4 Å². The number of rotatable bonds is 10. The maximum absolute atomic E-state index is 13.4. The molecule has 10 heteroatoms. The summed E-state index contributed by atoms with van der Waals surface area (Å²) in [5, 5.41) is 9.42. The number of aryl methyl sites for hydroxylation is 1. The summed E-state index contributed by atoms with van der Waals surface area (Å²) in [5.41, 5.74) is 3.37. The van der Waals surface area contributed by atoms with Gasteiger partial charge in [0.25, 0.3) is 11.8 Å². The van der Waals surface area contributed by atoms with Crippen LogP contribution in [0.4, 0.5) is 10.8 Å². The summed E-state index contributed by atoms with van der Waals surface area (Å²) in [6.07, 6.45) is 1.53. The number of carbonyl (C=O) groups excluding carboxylic acids is 3. The number of nitrogens with one attached hydrogen (secondary N) is 3. The molecule has 0 saturated heterocycles. The first-order valence-corrected chi connectivity index (χ1v) is 15.7. The second kappa shape index (κ2) is 14.7. The smallest absolute Gasteiger partial charge is 0.272 e. The number of thiazole rings is 1. The zero-order valence-electron chi connectivity index (χ0n) is 23.5. The summed E-state index contributed by atoms with van der Waals surface area (Å²) < 4.78 is 0. The predicted octanol–water partition coefficient (Wildman–Crippen LogP) is 7.91. The monoisotopic (exact) mass is 638 g/mol. The van der Waals surface area contributed by atoms with Crippen molar-refractivity contribution in [1.29, 1.82) is 0 Å². The molecule has 5 rings (SSSR count). The lowest BCUT2D eigenvalue weighted by Crippen LogP contribution is -2.30. The number of hydrogen-bond acceptors (Lipinski definition) is 6. The summed E-state index contributed by atoms with van der Waals surface area (Å²) in [4.78, 5) is 45.4. The lowest BCUT2D eigenvalue weighted by Gasteiger charge is -2.12. The third kappa shape index (κ3) is 8.23. The van der Waals surface area contributed by atoms with Gasteiger partial charge in [-0.25, -0.2) is 4.98 Å². The number of thioether (sulfide) groups is 1. The molecule has 0 fully saturated rings. The quantitative estimate of drug-likeness (QED) is 0.107. The van der Waals surface area contributed by atoms with E-state index in [2.05, 4.69) is 20.9 Å². The van der Waals surface area contributed by atoms with Crippen LogP contribution in [0.15, 0.2) is 120 Å². The van der Waals surface area contributed by atoms with Crippen molar-refractivity contribution in [1.82, 2.24) is 10.3 Å². The normalized spacial score (nSPS) is 11.1. The Balaban J connectivity index is 1.24. The van der Waals surface area contributed by atoms with E-state index >= 15 is 0 Å². The van der Waals surface area contributed by atoms with Crippen molar-refractivity contribution < 1.29 is 14.4 Å². The molecule has 3 amide bonds. The van der Waals surface area contributed by atoms with Crippen LogP contribution in [0.25, 0.3) is 17.3 Å². The number of anilines is 2. The van der Waals surface area contributed by atoms with E-state index in [-0.39, 0.29) is 17.4 Å². The zero-order chi connectivity index (χ0) is 30.9. The summed E-state index contributed by atoms with van der Waals surface area (Å²) in [6, 6.07) is 32.6. The standard InChI is InChI=1S/C34H27ClN4O3S2/c1-22-31(23-11-4-2-5-12-23)39-34(44-22)38-30(40)21-43-27-17-10-16-26(20-27)36-33(42)29(19-25-15-8-9-18-28(25)35)37-32(41)24-13-6-3-7-14-24/h2-20H,21H2,1H3,(H,36,42)(H,37,41)(H,38,39,40)/b29-19+. The summed E-state index contributed by atoms with van der Waals surface area (Å²) in [7, 11) is 0. The van der Waals surface area contributed by atoms with Gasteiger partial charge >= 0.3 is 0 Å². The summed E-state index contributed by atoms with van der Waals surface area (Å²) in [5.74, 6) is -0.990. The Morgan fingerprint density at radius 1 is 0.864 bits per heavy atom. The van der Waals surface area contributed by atoms with Crippen molar-refractivity contribution in [3.05, 3.63) is 136 Å². The van der Waals surface area contributed by atoms with Crippen molar-refractivity contribution >= 4 is 69.3 Å². The third-order valence-corrected chi connectivity index (χ3v) is 8.51. The average Bonchev–Trinajstić information content (AvgIpc) is 3.41. The molecule has 5 aromatic rings. The Hall–Kier alpha value is -4.70. The highest BCUT2D eigenvalue weighted by atomic mass is 35.5. The molecule has 0 aliphatic rings. The second-order valence-electron chi connectivity index (χ2n) is 9.51. The number of hydrogen-bond donors (Lipinski definition) is 3. The van der Waals surface area contributed by atoms with Gasteiger partial charge in [0.2, 0.25) is 5.91 Å². The molecule has 44 heavy (non-hydrogen) atoms. The van der Waals surface area contributed by atoms with E-state index in [1.54, 1.807) is 72.8 Å². The fourth-order valence-corrected chi connectivity index (χ4v) is 5.97. The summed E-state index contributed by atoms with van der Waals surface area (Å²) in [6.45, 7) is 1.98. The van der Waals surface area contributed by atoms with Gasteiger partial charge < -0.3 is 16.0 Å². The van der Waals surface area contributed by atoms with Crippen LogP contribution in [-0.2, 0) is 9.59 Å². The Bertz CT molecular complexity index is 1830. The minimum Gasteiger partial charge on any atom is -0.321 e. The maximum Gasteiger partial charge on any atom is 0.272 e. The van der Waals surface area contributed by atoms with E-state index in [1.165, 1.54) is 29.2 Å². The summed E-state index contributed by atoms with van der Waals surface area (Å²) >= 11 is 9.09. The van der Waals surface area contributed by atoms with E-state index < -0.39 is 11.8 Å². The molecule has 1 aromatic heterocycles. The molecule has 0 unspecified atom stereocenters. The highest BCUT2D eigenvalue weighted by molar-refractivity contribution is 8.00. The zero-order valence-corrected chi connectivity index (χ0v) is 25.9. The van der Waals surface area contributed by atoms with Crippen LogP contribution in [0.5, 0.6) is 0 Å². The molecule has 3 N–H and O–H groups in total. The molecule has 0 atom stereocenters. The minimum atomic E-state index is -0.526. The van der Waals surface area contributed by atoms with Gasteiger partial charge in [0.1, 0.15) is 5.70 Å². The number of halogens is 1. The predicted molar refractivity (Wildman–Crippen MR) is 180 cm³/mol. The molecular weight excluding hydrogens is 612 g/mol. The molecule has 0 spiro atoms. The SMILES string of the molecule is Cc1sc(NC(=O)CSc2cccc(NC(=O)/C(=C\c3ccccc3Cl)NC(=O)c3ccccc3)c2)nc1-c1ccccc1. The lowest BCUT2D eigenvalue weighted by atomic mass is 10.1. The van der Waals surface area contributed by atoms with Crippen molar-refractivity contribution in [3.8, 4) is 11.3 Å². The van der Waals surface area contributed by atoms with Crippen molar-refractivity contribution in [2.45, 2.75) is 11.8 Å². The van der Waals surface area contributed by atoms with E-state index in [4.69, 9.17) is 11.6 Å². The average molecular weight is 639 g/mol. The molecular formula is C34H27ClN4O3S2. The number of aromatic nitrogens is 1. The van der Waals surface area contributed by atoms with Crippen LogP contribution >= 0.6 is 34.7 Å². The number of amides is 3. The van der Waals surface area contributed by atoms with Crippen molar-refractivity contribution in [3.63, 3.8) is 0 Å². The number of nitrogens with zero attached hydrogens (tertiary/aromatic N) is 1. The van der Waals surface area contributed by atoms with E-state index in [1.807, 2.05) is 43.3 Å². The van der Waals surface area contributed by atoms with Gasteiger partial charge in [-0.15, -0.1) is 23.1 Å². The topological polar surface area (TPSA) is 100 Å². The van der Waals surface area contributed by atoms with Crippen LogP contribution in [0.3, 0.4) is 0 Å². The van der Waals surface area contributed by atoms with Crippen LogP contribution in [0, 0.1) is 6.92 Å². The van der Waals surface area contributed by atoms with Crippen LogP contribution < -0.4 is 16.0 Å². The Morgan fingerprint density at radius 3 is 2.32 bits per heavy atom.